The molecule has 0 bridgehead atoms. The van der Waals surface area contributed by atoms with Gasteiger partial charge in [-0.15, -0.1) is 0 Å². The fourth-order valence-corrected chi connectivity index (χ4v) is 4.13. The zero-order chi connectivity index (χ0) is 19.7. The molecule has 0 saturated carbocycles. The van der Waals surface area contributed by atoms with Gasteiger partial charge in [-0.1, -0.05) is 43.8 Å². The minimum absolute atomic E-state index is 0.0869. The van der Waals surface area contributed by atoms with Crippen molar-refractivity contribution in [2.24, 2.45) is 0 Å². The van der Waals surface area contributed by atoms with Crippen molar-refractivity contribution < 1.29 is 4.74 Å². The van der Waals surface area contributed by atoms with E-state index >= 15 is 0 Å². The van der Waals surface area contributed by atoms with E-state index < -0.39 is 0 Å². The lowest BCUT2D eigenvalue weighted by Crippen LogP contribution is -2.22. The van der Waals surface area contributed by atoms with Crippen molar-refractivity contribution in [3.05, 3.63) is 58.9 Å². The molecular weight excluding hydrogens is 370 g/mol. The first-order valence-electron chi connectivity index (χ1n) is 9.55. The summed E-state index contributed by atoms with van der Waals surface area (Å²) in [5, 5.41) is 2.03. The van der Waals surface area contributed by atoms with Crippen LogP contribution in [0.1, 0.15) is 27.2 Å². The SMILES string of the molecule is CCOc1ccc(-n2c(S[C@@H](C)CC)nc3c([nH]c4ccccc43)c2=O)cc1. The van der Waals surface area contributed by atoms with Crippen molar-refractivity contribution in [2.45, 2.75) is 37.6 Å². The summed E-state index contributed by atoms with van der Waals surface area (Å²) in [6.07, 6.45) is 0.996. The summed E-state index contributed by atoms with van der Waals surface area (Å²) in [5.41, 5.74) is 2.88. The number of ether oxygens (including phenoxy) is 1. The standard InChI is InChI=1S/C22H23N3O2S/c1-4-14(3)28-22-24-19-17-8-6-7-9-18(17)23-20(19)21(26)25(22)15-10-12-16(13-11-15)27-5-2/h6-14,23H,4-5H2,1-3H3/t14-/m0/s1. The third kappa shape index (κ3) is 3.29. The Labute approximate surface area is 167 Å². The Bertz CT molecular complexity index is 1180. The summed E-state index contributed by atoms with van der Waals surface area (Å²) >= 11 is 1.63. The third-order valence-corrected chi connectivity index (χ3v) is 6.00. The number of H-pyrrole nitrogens is 1. The summed E-state index contributed by atoms with van der Waals surface area (Å²) < 4.78 is 7.23. The molecule has 0 aliphatic heterocycles. The van der Waals surface area contributed by atoms with E-state index in [0.717, 1.165) is 34.3 Å². The van der Waals surface area contributed by atoms with Gasteiger partial charge in [-0.05, 0) is 43.7 Å². The molecule has 5 nitrogen and oxygen atoms in total. The topological polar surface area (TPSA) is 59.9 Å². The third-order valence-electron chi connectivity index (χ3n) is 4.78. The van der Waals surface area contributed by atoms with Crippen LogP contribution in [0.15, 0.2) is 58.5 Å². The van der Waals surface area contributed by atoms with Crippen LogP contribution in [0.5, 0.6) is 5.75 Å². The maximum absolute atomic E-state index is 13.4. The minimum Gasteiger partial charge on any atom is -0.494 e. The number of nitrogens with one attached hydrogen (secondary N) is 1. The lowest BCUT2D eigenvalue weighted by molar-refractivity contribution is 0.340. The molecule has 0 unspecified atom stereocenters. The van der Waals surface area contributed by atoms with E-state index in [1.807, 2.05) is 55.5 Å². The van der Waals surface area contributed by atoms with Crippen LogP contribution in [-0.2, 0) is 0 Å². The zero-order valence-electron chi connectivity index (χ0n) is 16.2. The Hall–Kier alpha value is -2.73. The van der Waals surface area contributed by atoms with Gasteiger partial charge in [0.2, 0.25) is 0 Å². The lowest BCUT2D eigenvalue weighted by atomic mass is 10.2. The van der Waals surface area contributed by atoms with Crippen LogP contribution in [0.25, 0.3) is 27.6 Å². The molecule has 2 heterocycles. The highest BCUT2D eigenvalue weighted by molar-refractivity contribution is 7.99. The van der Waals surface area contributed by atoms with Gasteiger partial charge in [-0.25, -0.2) is 4.98 Å². The van der Waals surface area contributed by atoms with Gasteiger partial charge in [-0.2, -0.15) is 0 Å². The molecular formula is C22H23N3O2S. The second kappa shape index (κ2) is 7.72. The van der Waals surface area contributed by atoms with E-state index in [0.29, 0.717) is 22.5 Å². The zero-order valence-corrected chi connectivity index (χ0v) is 17.0. The average molecular weight is 394 g/mol. The Morgan fingerprint density at radius 2 is 1.89 bits per heavy atom. The molecule has 0 spiro atoms. The first kappa shape index (κ1) is 18.6. The number of aromatic amines is 1. The van der Waals surface area contributed by atoms with Crippen molar-refractivity contribution in [1.29, 1.82) is 0 Å². The van der Waals surface area contributed by atoms with Crippen LogP contribution in [0, 0.1) is 0 Å². The van der Waals surface area contributed by atoms with Crippen molar-refractivity contribution in [2.75, 3.05) is 6.61 Å². The number of rotatable bonds is 6. The van der Waals surface area contributed by atoms with Crippen molar-refractivity contribution in [1.82, 2.24) is 14.5 Å². The molecule has 0 aliphatic rings. The van der Waals surface area contributed by atoms with E-state index in [4.69, 9.17) is 9.72 Å². The Kier molecular flexibility index (Phi) is 5.13. The number of hydrogen-bond donors (Lipinski definition) is 1. The van der Waals surface area contributed by atoms with Gasteiger partial charge in [0.05, 0.1) is 12.3 Å². The van der Waals surface area contributed by atoms with Crippen molar-refractivity contribution in [3.63, 3.8) is 0 Å². The monoisotopic (exact) mass is 393 g/mol. The van der Waals surface area contributed by atoms with Gasteiger partial charge < -0.3 is 9.72 Å². The summed E-state index contributed by atoms with van der Waals surface area (Å²) in [4.78, 5) is 21.6. The van der Waals surface area contributed by atoms with Gasteiger partial charge >= 0.3 is 0 Å². The highest BCUT2D eigenvalue weighted by Gasteiger charge is 2.18. The maximum atomic E-state index is 13.4. The summed E-state index contributed by atoms with van der Waals surface area (Å²) in [7, 11) is 0. The van der Waals surface area contributed by atoms with Gasteiger partial charge in [0, 0.05) is 16.2 Å². The van der Waals surface area contributed by atoms with E-state index in [2.05, 4.69) is 18.8 Å². The summed E-state index contributed by atoms with van der Waals surface area (Å²) in [5.74, 6) is 0.787. The van der Waals surface area contributed by atoms with Gasteiger partial charge in [0.25, 0.3) is 5.56 Å². The van der Waals surface area contributed by atoms with Crippen LogP contribution in [-0.4, -0.2) is 26.4 Å². The van der Waals surface area contributed by atoms with Gasteiger partial charge in [0.15, 0.2) is 5.16 Å². The van der Waals surface area contributed by atoms with Crippen LogP contribution in [0.2, 0.25) is 0 Å². The molecule has 2 aromatic carbocycles. The normalized spacial score (nSPS) is 12.5. The molecule has 0 saturated heterocycles. The number of nitrogens with zero attached hydrogens (tertiary/aromatic N) is 2. The van der Waals surface area contributed by atoms with E-state index in [-0.39, 0.29) is 5.56 Å². The molecule has 4 rings (SSSR count). The van der Waals surface area contributed by atoms with Crippen LogP contribution >= 0.6 is 11.8 Å². The first-order valence-corrected chi connectivity index (χ1v) is 10.4. The highest BCUT2D eigenvalue weighted by Crippen LogP contribution is 2.29. The second-order valence-electron chi connectivity index (χ2n) is 6.69. The quantitative estimate of drug-likeness (QED) is 0.363. The predicted octanol–water partition coefficient (Wildman–Crippen LogP) is 5.16. The number of para-hydroxylation sites is 1. The molecule has 0 aliphatic carbocycles. The number of hydrogen-bond acceptors (Lipinski definition) is 4. The average Bonchev–Trinajstić information content (AvgIpc) is 3.08. The number of thioether (sulfide) groups is 1. The van der Waals surface area contributed by atoms with E-state index in [1.165, 1.54) is 0 Å². The first-order chi connectivity index (χ1) is 13.6. The molecule has 0 radical (unpaired) electrons. The molecule has 1 N–H and O–H groups in total. The number of aromatic nitrogens is 3. The number of benzene rings is 2. The Balaban J connectivity index is 1.96. The molecule has 2 aromatic heterocycles. The molecule has 28 heavy (non-hydrogen) atoms. The molecule has 0 amide bonds. The molecule has 144 valence electrons. The minimum atomic E-state index is -0.0869. The van der Waals surface area contributed by atoms with Gasteiger partial charge in [0.1, 0.15) is 16.8 Å². The fraction of sp³-hybridized carbons (Fsp3) is 0.273. The second-order valence-corrected chi connectivity index (χ2v) is 8.10. The summed E-state index contributed by atoms with van der Waals surface area (Å²) in [6.45, 7) is 6.85. The Morgan fingerprint density at radius 1 is 1.14 bits per heavy atom. The largest absolute Gasteiger partial charge is 0.494 e. The fourth-order valence-electron chi connectivity index (χ4n) is 3.17. The van der Waals surface area contributed by atoms with Crippen LogP contribution < -0.4 is 10.3 Å². The van der Waals surface area contributed by atoms with E-state index in [1.54, 1.807) is 16.3 Å². The predicted molar refractivity (Wildman–Crippen MR) is 116 cm³/mol. The number of fused-ring (bicyclic) bond motifs is 3. The molecule has 6 heteroatoms. The molecule has 1 atom stereocenters. The maximum Gasteiger partial charge on any atom is 0.283 e. The van der Waals surface area contributed by atoms with Crippen LogP contribution in [0.3, 0.4) is 0 Å². The van der Waals surface area contributed by atoms with Crippen molar-refractivity contribution in [3.8, 4) is 11.4 Å². The molecule has 0 fully saturated rings. The highest BCUT2D eigenvalue weighted by atomic mass is 32.2. The smallest absolute Gasteiger partial charge is 0.283 e. The summed E-state index contributed by atoms with van der Waals surface area (Å²) in [6, 6.07) is 15.5. The van der Waals surface area contributed by atoms with Crippen molar-refractivity contribution >= 4 is 33.7 Å². The Morgan fingerprint density at radius 3 is 2.61 bits per heavy atom. The van der Waals surface area contributed by atoms with Crippen LogP contribution in [0.4, 0.5) is 0 Å². The molecule has 4 aromatic rings. The van der Waals surface area contributed by atoms with Gasteiger partial charge in [-0.3, -0.25) is 9.36 Å². The lowest BCUT2D eigenvalue weighted by Gasteiger charge is -2.15. The van der Waals surface area contributed by atoms with E-state index in [9.17, 15) is 4.79 Å².